The van der Waals surface area contributed by atoms with E-state index in [0.29, 0.717) is 28.5 Å². The van der Waals surface area contributed by atoms with Crippen molar-refractivity contribution in [1.29, 1.82) is 0 Å². The van der Waals surface area contributed by atoms with Gasteiger partial charge < -0.3 is 32.2 Å². The van der Waals surface area contributed by atoms with Gasteiger partial charge in [0.05, 0.1) is 11.6 Å². The molecule has 9 heteroatoms. The van der Waals surface area contributed by atoms with Crippen LogP contribution in [0.4, 0.5) is 11.8 Å². The molecule has 8 N–H and O–H groups in total. The molecule has 0 aliphatic rings. The number of imidazole rings is 1. The molecular weight excluding hydrogens is 344 g/mol. The third-order valence-electron chi connectivity index (χ3n) is 4.77. The van der Waals surface area contributed by atoms with Crippen LogP contribution in [0, 0.1) is 0 Å². The molecule has 2 aromatic heterocycles. The summed E-state index contributed by atoms with van der Waals surface area (Å²) in [6.07, 6.45) is 0. The highest BCUT2D eigenvalue weighted by Gasteiger charge is 2.31. The predicted octanol–water partition coefficient (Wildman–Crippen LogP) is 0.635. The highest BCUT2D eigenvalue weighted by molar-refractivity contribution is 5.83. The Morgan fingerprint density at radius 3 is 2.33 bits per heavy atom. The van der Waals surface area contributed by atoms with Gasteiger partial charge in [-0.1, -0.05) is 30.3 Å². The molecule has 1 aromatic carbocycles. The molecule has 0 amide bonds. The summed E-state index contributed by atoms with van der Waals surface area (Å²) in [4.78, 5) is 13.3. The summed E-state index contributed by atoms with van der Waals surface area (Å²) in [5.41, 5.74) is 18.3. The highest BCUT2D eigenvalue weighted by atomic mass is 16.3. The summed E-state index contributed by atoms with van der Waals surface area (Å²) < 4.78 is 1.71. The van der Waals surface area contributed by atoms with Gasteiger partial charge in [0.15, 0.2) is 22.8 Å². The van der Waals surface area contributed by atoms with Gasteiger partial charge in [-0.25, -0.2) is 4.98 Å². The fraction of sp³-hybridized carbons (Fsp3) is 0.389. The zero-order chi connectivity index (χ0) is 20.0. The quantitative estimate of drug-likeness (QED) is 0.410. The van der Waals surface area contributed by atoms with E-state index in [-0.39, 0.29) is 11.9 Å². The number of fused-ring (bicyclic) bond motifs is 1. The van der Waals surface area contributed by atoms with Gasteiger partial charge in [0, 0.05) is 7.05 Å². The van der Waals surface area contributed by atoms with Crippen LogP contribution in [0.1, 0.15) is 32.2 Å². The Hall–Kier alpha value is -2.75. The van der Waals surface area contributed by atoms with Crippen molar-refractivity contribution in [3.63, 3.8) is 0 Å². The van der Waals surface area contributed by atoms with Gasteiger partial charge in [-0.05, 0) is 26.3 Å². The van der Waals surface area contributed by atoms with Crippen molar-refractivity contribution >= 4 is 22.9 Å². The molecule has 0 saturated carbocycles. The molecule has 9 nitrogen and oxygen atoms in total. The molecule has 3 rings (SSSR count). The minimum Gasteiger partial charge on any atom is -0.388 e. The van der Waals surface area contributed by atoms with E-state index in [0.717, 1.165) is 0 Å². The first-order valence-corrected chi connectivity index (χ1v) is 8.64. The first-order chi connectivity index (χ1) is 12.5. The summed E-state index contributed by atoms with van der Waals surface area (Å²) in [5, 5.41) is 13.2. The fourth-order valence-corrected chi connectivity index (χ4v) is 2.73. The lowest BCUT2D eigenvalue weighted by Crippen LogP contribution is -2.49. The molecule has 1 unspecified atom stereocenters. The third kappa shape index (κ3) is 3.44. The van der Waals surface area contributed by atoms with E-state index >= 15 is 0 Å². The maximum Gasteiger partial charge on any atom is 0.227 e. The maximum atomic E-state index is 10.1. The Labute approximate surface area is 157 Å². The largest absolute Gasteiger partial charge is 0.388 e. The van der Waals surface area contributed by atoms with Gasteiger partial charge in [0.25, 0.3) is 0 Å². The summed E-state index contributed by atoms with van der Waals surface area (Å²) in [6, 6.07) is 8.99. The zero-order valence-corrected chi connectivity index (χ0v) is 15.9. The van der Waals surface area contributed by atoms with E-state index in [1.807, 2.05) is 37.3 Å². The van der Waals surface area contributed by atoms with Crippen LogP contribution in [0.15, 0.2) is 30.3 Å². The van der Waals surface area contributed by atoms with Crippen molar-refractivity contribution in [1.82, 2.24) is 19.5 Å². The van der Waals surface area contributed by atoms with E-state index in [1.165, 1.54) is 0 Å². The number of nitrogen functional groups attached to an aromatic ring is 1. The first kappa shape index (κ1) is 19.0. The molecule has 3 aromatic rings. The number of benzene rings is 1. The molecule has 0 bridgehead atoms. The molecule has 0 radical (unpaired) electrons. The lowest BCUT2D eigenvalue weighted by molar-refractivity contribution is 0.0646. The summed E-state index contributed by atoms with van der Waals surface area (Å²) in [7, 11) is 1.78. The number of nitrogens with two attached hydrogens (primary N) is 3. The Morgan fingerprint density at radius 1 is 1.11 bits per heavy atom. The van der Waals surface area contributed by atoms with Crippen molar-refractivity contribution < 1.29 is 5.11 Å². The van der Waals surface area contributed by atoms with Crippen molar-refractivity contribution in [2.45, 2.75) is 38.1 Å². The maximum absolute atomic E-state index is 10.1. The Kier molecular flexibility index (Phi) is 4.54. The number of aryl methyl sites for hydroxylation is 1. The number of nitrogens with zero attached hydrogens (tertiary/aromatic N) is 4. The summed E-state index contributed by atoms with van der Waals surface area (Å²) in [6.45, 7) is 5.23. The normalized spacial score (nSPS) is 13.7. The van der Waals surface area contributed by atoms with Gasteiger partial charge in [-0.3, -0.25) is 0 Å². The lowest BCUT2D eigenvalue weighted by Gasteiger charge is -2.26. The number of aliphatic hydroxyl groups is 1. The van der Waals surface area contributed by atoms with Gasteiger partial charge in [0.2, 0.25) is 5.95 Å². The van der Waals surface area contributed by atoms with E-state index in [9.17, 15) is 5.11 Å². The first-order valence-electron chi connectivity index (χ1n) is 8.64. The van der Waals surface area contributed by atoms with Crippen LogP contribution in [-0.2, 0) is 12.7 Å². The van der Waals surface area contributed by atoms with Crippen molar-refractivity contribution in [3.05, 3.63) is 41.7 Å². The molecule has 0 spiro atoms. The molecule has 0 aliphatic heterocycles. The molecule has 2 heterocycles. The van der Waals surface area contributed by atoms with Gasteiger partial charge >= 0.3 is 0 Å². The number of hydrogen-bond donors (Lipinski definition) is 5. The molecule has 0 aliphatic carbocycles. The van der Waals surface area contributed by atoms with E-state index in [4.69, 9.17) is 17.2 Å². The van der Waals surface area contributed by atoms with Crippen LogP contribution in [0.2, 0.25) is 0 Å². The van der Waals surface area contributed by atoms with Gasteiger partial charge in [-0.2, -0.15) is 9.97 Å². The number of hydrogen-bond acceptors (Lipinski definition) is 8. The monoisotopic (exact) mass is 370 g/mol. The topological polar surface area (TPSA) is 154 Å². The van der Waals surface area contributed by atoms with E-state index in [1.54, 1.807) is 25.5 Å². The fourth-order valence-electron chi connectivity index (χ4n) is 2.73. The van der Waals surface area contributed by atoms with Crippen molar-refractivity contribution in [3.8, 4) is 0 Å². The summed E-state index contributed by atoms with van der Waals surface area (Å²) in [5.74, 6) is 0.914. The molecule has 144 valence electrons. The highest BCUT2D eigenvalue weighted by Crippen LogP contribution is 2.27. The average molecular weight is 370 g/mol. The van der Waals surface area contributed by atoms with Crippen LogP contribution >= 0.6 is 0 Å². The second-order valence-corrected chi connectivity index (χ2v) is 7.35. The number of rotatable bonds is 5. The van der Waals surface area contributed by atoms with Crippen LogP contribution < -0.4 is 22.5 Å². The molecule has 0 saturated heterocycles. The van der Waals surface area contributed by atoms with E-state index in [2.05, 4.69) is 20.3 Å². The Balaban J connectivity index is 2.08. The SMILES string of the molecule is CC(Nc1nc(N)c2nc(C(N)(N)c3ccccc3)n(C)c2n1)C(C)(C)O. The lowest BCUT2D eigenvalue weighted by atomic mass is 10.0. The summed E-state index contributed by atoms with van der Waals surface area (Å²) >= 11 is 0. The van der Waals surface area contributed by atoms with Crippen molar-refractivity contribution in [2.75, 3.05) is 11.1 Å². The van der Waals surface area contributed by atoms with Crippen LogP contribution in [0.5, 0.6) is 0 Å². The minimum absolute atomic E-state index is 0.205. The number of nitrogens with one attached hydrogen (secondary N) is 1. The van der Waals surface area contributed by atoms with Crippen molar-refractivity contribution in [2.24, 2.45) is 18.5 Å². The minimum atomic E-state index is -1.32. The molecule has 0 fully saturated rings. The molecular formula is C18H26N8O. The van der Waals surface area contributed by atoms with Crippen LogP contribution in [-0.4, -0.2) is 36.3 Å². The predicted molar refractivity (Wildman–Crippen MR) is 106 cm³/mol. The Morgan fingerprint density at radius 2 is 1.74 bits per heavy atom. The third-order valence-corrected chi connectivity index (χ3v) is 4.77. The number of anilines is 2. The smallest absolute Gasteiger partial charge is 0.227 e. The standard InChI is InChI=1S/C18H26N8O/c1-10(17(2,3)27)22-16-24-13(19)12-14(25-16)26(4)15(23-12)18(20,21)11-8-6-5-7-9-11/h5-10,27H,20-21H2,1-4H3,(H3,19,22,24,25). The number of aromatic nitrogens is 4. The van der Waals surface area contributed by atoms with Gasteiger partial charge in [-0.15, -0.1) is 0 Å². The van der Waals surface area contributed by atoms with E-state index < -0.39 is 11.3 Å². The van der Waals surface area contributed by atoms with Gasteiger partial charge in [0.1, 0.15) is 5.66 Å². The molecule has 1 atom stereocenters. The molecule has 27 heavy (non-hydrogen) atoms. The average Bonchev–Trinajstić information content (AvgIpc) is 2.93. The zero-order valence-electron chi connectivity index (χ0n) is 15.9. The second-order valence-electron chi connectivity index (χ2n) is 7.35. The van der Waals surface area contributed by atoms with Crippen LogP contribution in [0.3, 0.4) is 0 Å². The Bertz CT molecular complexity index is 959. The van der Waals surface area contributed by atoms with Crippen LogP contribution in [0.25, 0.3) is 11.2 Å². The second kappa shape index (κ2) is 6.45.